The molecular weight excluding hydrogens is 260 g/mol. The molecule has 0 bridgehead atoms. The zero-order valence-electron chi connectivity index (χ0n) is 14.1. The topological polar surface area (TPSA) is 24.5 Å². The summed E-state index contributed by atoms with van der Waals surface area (Å²) in [4.78, 5) is 2.62. The molecule has 3 atom stereocenters. The van der Waals surface area contributed by atoms with Gasteiger partial charge in [-0.1, -0.05) is 37.3 Å². The summed E-state index contributed by atoms with van der Waals surface area (Å²) in [5.41, 5.74) is 1.56. The number of nitrogens with zero attached hydrogens (tertiary/aromatic N) is 1. The zero-order valence-corrected chi connectivity index (χ0v) is 14.1. The Morgan fingerprint density at radius 3 is 2.52 bits per heavy atom. The van der Waals surface area contributed by atoms with Crippen molar-refractivity contribution in [3.63, 3.8) is 0 Å². The number of ether oxygens (including phenoxy) is 1. The van der Waals surface area contributed by atoms with E-state index >= 15 is 0 Å². The van der Waals surface area contributed by atoms with E-state index in [9.17, 15) is 0 Å². The fraction of sp³-hybridized carbons (Fsp3) is 0.667. The van der Waals surface area contributed by atoms with Crippen LogP contribution in [-0.2, 0) is 10.3 Å². The van der Waals surface area contributed by atoms with Crippen molar-refractivity contribution >= 4 is 0 Å². The molecular formula is C18H30N2O. The van der Waals surface area contributed by atoms with E-state index in [4.69, 9.17) is 4.74 Å². The van der Waals surface area contributed by atoms with Crippen LogP contribution in [0.3, 0.4) is 0 Å². The van der Waals surface area contributed by atoms with E-state index in [0.717, 1.165) is 26.1 Å². The van der Waals surface area contributed by atoms with Gasteiger partial charge < -0.3 is 10.1 Å². The van der Waals surface area contributed by atoms with Gasteiger partial charge in [-0.25, -0.2) is 0 Å². The highest BCUT2D eigenvalue weighted by Crippen LogP contribution is 2.35. The van der Waals surface area contributed by atoms with Gasteiger partial charge in [0, 0.05) is 31.8 Å². The number of rotatable bonds is 5. The second-order valence-corrected chi connectivity index (χ2v) is 6.84. The molecule has 1 aliphatic rings. The molecule has 1 fully saturated rings. The summed E-state index contributed by atoms with van der Waals surface area (Å²) in [6.07, 6.45) is 1.13. The molecule has 21 heavy (non-hydrogen) atoms. The van der Waals surface area contributed by atoms with Gasteiger partial charge in [0.05, 0.1) is 12.1 Å². The van der Waals surface area contributed by atoms with Crippen LogP contribution in [0.2, 0.25) is 0 Å². The van der Waals surface area contributed by atoms with Gasteiger partial charge in [0.2, 0.25) is 0 Å². The van der Waals surface area contributed by atoms with Gasteiger partial charge in [0.1, 0.15) is 0 Å². The van der Waals surface area contributed by atoms with Crippen molar-refractivity contribution in [1.82, 2.24) is 10.2 Å². The Kier molecular flexibility index (Phi) is 5.07. The molecule has 1 N–H and O–H groups in total. The van der Waals surface area contributed by atoms with Crippen LogP contribution in [0.15, 0.2) is 30.3 Å². The lowest BCUT2D eigenvalue weighted by Gasteiger charge is -2.54. The molecule has 3 heteroatoms. The maximum Gasteiger partial charge on any atom is 0.0615 e. The Bertz CT molecular complexity index is 450. The first-order valence-corrected chi connectivity index (χ1v) is 8.01. The fourth-order valence-electron chi connectivity index (χ4n) is 3.37. The monoisotopic (exact) mass is 290 g/mol. The molecule has 0 aliphatic carbocycles. The molecule has 0 radical (unpaired) electrons. The van der Waals surface area contributed by atoms with E-state index in [1.165, 1.54) is 5.56 Å². The first-order chi connectivity index (χ1) is 9.95. The first-order valence-electron chi connectivity index (χ1n) is 8.01. The van der Waals surface area contributed by atoms with Crippen molar-refractivity contribution < 1.29 is 4.74 Å². The van der Waals surface area contributed by atoms with Crippen molar-refractivity contribution in [2.45, 2.75) is 51.2 Å². The zero-order chi connectivity index (χ0) is 15.5. The van der Waals surface area contributed by atoms with Gasteiger partial charge in [0.15, 0.2) is 0 Å². The van der Waals surface area contributed by atoms with E-state index in [0.29, 0.717) is 6.04 Å². The number of hydrogen-bond acceptors (Lipinski definition) is 3. The summed E-state index contributed by atoms with van der Waals surface area (Å²) in [5, 5.41) is 3.78. The first kappa shape index (κ1) is 16.5. The van der Waals surface area contributed by atoms with Crippen LogP contribution in [0.1, 0.15) is 39.7 Å². The third kappa shape index (κ3) is 3.31. The Balaban J connectivity index is 2.34. The average molecular weight is 290 g/mol. The number of nitrogens with one attached hydrogen (secondary N) is 1. The molecule has 1 heterocycles. The molecule has 0 amide bonds. The van der Waals surface area contributed by atoms with Crippen LogP contribution in [0.5, 0.6) is 0 Å². The second kappa shape index (κ2) is 6.47. The Morgan fingerprint density at radius 2 is 1.95 bits per heavy atom. The van der Waals surface area contributed by atoms with Gasteiger partial charge in [-0.15, -0.1) is 0 Å². The minimum absolute atomic E-state index is 0.00782. The van der Waals surface area contributed by atoms with Crippen LogP contribution in [0, 0.1) is 0 Å². The third-order valence-electron chi connectivity index (χ3n) is 5.13. The summed E-state index contributed by atoms with van der Waals surface area (Å²) >= 11 is 0. The highest BCUT2D eigenvalue weighted by molar-refractivity contribution is 5.26. The van der Waals surface area contributed by atoms with Crippen molar-refractivity contribution in [3.8, 4) is 0 Å². The molecule has 3 unspecified atom stereocenters. The molecule has 0 aromatic heterocycles. The summed E-state index contributed by atoms with van der Waals surface area (Å²) in [7, 11) is 1.79. The van der Waals surface area contributed by atoms with Crippen molar-refractivity contribution in [2.24, 2.45) is 0 Å². The molecule has 118 valence electrons. The lowest BCUT2D eigenvalue weighted by molar-refractivity contribution is -0.0341. The molecule has 0 spiro atoms. The smallest absolute Gasteiger partial charge is 0.0615 e. The highest BCUT2D eigenvalue weighted by atomic mass is 16.5. The average Bonchev–Trinajstić information content (AvgIpc) is 2.51. The quantitative estimate of drug-likeness (QED) is 0.902. The number of benzene rings is 1. The Morgan fingerprint density at radius 1 is 1.29 bits per heavy atom. The maximum atomic E-state index is 5.43. The lowest BCUT2D eigenvalue weighted by Crippen LogP contribution is -2.68. The van der Waals surface area contributed by atoms with E-state index in [-0.39, 0.29) is 11.1 Å². The summed E-state index contributed by atoms with van der Waals surface area (Å²) in [6.45, 7) is 12.0. The van der Waals surface area contributed by atoms with E-state index in [1.807, 2.05) is 0 Å². The van der Waals surface area contributed by atoms with Crippen molar-refractivity contribution in [2.75, 3.05) is 26.8 Å². The van der Waals surface area contributed by atoms with E-state index in [2.05, 4.69) is 68.2 Å². The Labute approximate surface area is 129 Å². The van der Waals surface area contributed by atoms with Crippen LogP contribution >= 0.6 is 0 Å². The summed E-state index contributed by atoms with van der Waals surface area (Å²) < 4.78 is 5.43. The minimum Gasteiger partial charge on any atom is -0.383 e. The molecule has 0 saturated carbocycles. The fourth-order valence-corrected chi connectivity index (χ4v) is 3.37. The largest absolute Gasteiger partial charge is 0.383 e. The summed E-state index contributed by atoms with van der Waals surface area (Å²) in [5.74, 6) is 0. The van der Waals surface area contributed by atoms with E-state index in [1.54, 1.807) is 7.11 Å². The van der Waals surface area contributed by atoms with Gasteiger partial charge in [-0.2, -0.15) is 0 Å². The minimum atomic E-state index is 0.00782. The Hall–Kier alpha value is -0.900. The number of hydrogen-bond donors (Lipinski definition) is 1. The van der Waals surface area contributed by atoms with Crippen molar-refractivity contribution in [3.05, 3.63) is 35.9 Å². The maximum absolute atomic E-state index is 5.43. The van der Waals surface area contributed by atoms with Gasteiger partial charge in [0.25, 0.3) is 0 Å². The molecule has 1 aromatic rings. The second-order valence-electron chi connectivity index (χ2n) is 6.84. The molecule has 2 rings (SSSR count). The standard InChI is InChI=1S/C18H30N2O/c1-6-17(3)14-20(15(2)12-21-5)18(4,13-19-17)16-10-8-7-9-11-16/h7-11,15,19H,6,12-14H2,1-5H3. The molecule has 1 saturated heterocycles. The highest BCUT2D eigenvalue weighted by Gasteiger charge is 2.44. The van der Waals surface area contributed by atoms with Gasteiger partial charge in [-0.05, 0) is 32.8 Å². The SMILES string of the molecule is CCC1(C)CN(C(C)COC)C(C)(c2ccccc2)CN1. The number of piperazine rings is 1. The van der Waals surface area contributed by atoms with Gasteiger partial charge >= 0.3 is 0 Å². The predicted molar refractivity (Wildman–Crippen MR) is 88.5 cm³/mol. The van der Waals surface area contributed by atoms with E-state index < -0.39 is 0 Å². The molecule has 1 aliphatic heterocycles. The molecule has 3 nitrogen and oxygen atoms in total. The van der Waals surface area contributed by atoms with Crippen LogP contribution in [-0.4, -0.2) is 43.3 Å². The van der Waals surface area contributed by atoms with Crippen molar-refractivity contribution in [1.29, 1.82) is 0 Å². The summed E-state index contributed by atoms with van der Waals surface area (Å²) in [6, 6.07) is 11.2. The predicted octanol–water partition coefficient (Wildman–Crippen LogP) is 3.01. The van der Waals surface area contributed by atoms with Gasteiger partial charge in [-0.3, -0.25) is 4.90 Å². The number of methoxy groups -OCH3 is 1. The molecule has 1 aromatic carbocycles. The van der Waals surface area contributed by atoms with Crippen LogP contribution < -0.4 is 5.32 Å². The van der Waals surface area contributed by atoms with Crippen LogP contribution in [0.25, 0.3) is 0 Å². The third-order valence-corrected chi connectivity index (χ3v) is 5.13. The lowest BCUT2D eigenvalue weighted by atomic mass is 9.81. The van der Waals surface area contributed by atoms with Crippen LogP contribution in [0.4, 0.5) is 0 Å². The normalized spacial score (nSPS) is 32.0.